The zero-order valence-electron chi connectivity index (χ0n) is 11.0. The minimum absolute atomic E-state index is 0.0294. The van der Waals surface area contributed by atoms with Crippen LogP contribution in [0.1, 0.15) is 18.5 Å². The number of piperazine rings is 1. The van der Waals surface area contributed by atoms with Gasteiger partial charge in [0.05, 0.1) is 0 Å². The third kappa shape index (κ3) is 2.71. The number of hydrogen-bond acceptors (Lipinski definition) is 3. The molecule has 1 aliphatic rings. The van der Waals surface area contributed by atoms with E-state index in [2.05, 4.69) is 18.9 Å². The Balaban J connectivity index is 2.07. The highest BCUT2D eigenvalue weighted by molar-refractivity contribution is 5.83. The largest absolute Gasteiger partial charge is 0.336 e. The lowest BCUT2D eigenvalue weighted by Gasteiger charge is -2.39. The summed E-state index contributed by atoms with van der Waals surface area (Å²) in [6.07, 6.45) is 0. The van der Waals surface area contributed by atoms with Crippen molar-refractivity contribution in [2.24, 2.45) is 5.73 Å². The predicted molar refractivity (Wildman–Crippen MR) is 72.0 cm³/mol. The molecular weight excluding hydrogens is 226 g/mol. The summed E-state index contributed by atoms with van der Waals surface area (Å²) in [5, 5.41) is 0. The molecule has 0 spiro atoms. The molecule has 2 atom stereocenters. The molecule has 0 aromatic heterocycles. The van der Waals surface area contributed by atoms with Gasteiger partial charge in [0, 0.05) is 25.7 Å². The first-order valence-electron chi connectivity index (χ1n) is 6.39. The van der Waals surface area contributed by atoms with Crippen molar-refractivity contribution >= 4 is 5.91 Å². The van der Waals surface area contributed by atoms with E-state index >= 15 is 0 Å². The summed E-state index contributed by atoms with van der Waals surface area (Å²) in [4.78, 5) is 16.5. The number of likely N-dealkylation sites (N-methyl/N-ethyl adjacent to an activating group) is 1. The van der Waals surface area contributed by atoms with Gasteiger partial charge in [-0.15, -0.1) is 0 Å². The Kier molecular flexibility index (Phi) is 3.99. The molecule has 2 unspecified atom stereocenters. The Labute approximate surface area is 108 Å². The Morgan fingerprint density at radius 1 is 1.33 bits per heavy atom. The molecule has 1 aromatic rings. The van der Waals surface area contributed by atoms with Gasteiger partial charge in [-0.3, -0.25) is 4.79 Å². The molecule has 2 N–H and O–H groups in total. The van der Waals surface area contributed by atoms with Crippen molar-refractivity contribution in [2.75, 3.05) is 26.7 Å². The summed E-state index contributed by atoms with van der Waals surface area (Å²) in [6.45, 7) is 4.66. The number of amides is 1. The molecule has 98 valence electrons. The van der Waals surface area contributed by atoms with Gasteiger partial charge in [0.15, 0.2) is 0 Å². The van der Waals surface area contributed by atoms with Gasteiger partial charge in [0.1, 0.15) is 6.04 Å². The van der Waals surface area contributed by atoms with Crippen LogP contribution in [0.15, 0.2) is 30.3 Å². The maximum absolute atomic E-state index is 12.4. The van der Waals surface area contributed by atoms with Crippen LogP contribution >= 0.6 is 0 Å². The molecule has 1 fully saturated rings. The van der Waals surface area contributed by atoms with Crippen LogP contribution in [-0.4, -0.2) is 48.4 Å². The first-order valence-corrected chi connectivity index (χ1v) is 6.39. The fraction of sp³-hybridized carbons (Fsp3) is 0.500. The zero-order chi connectivity index (χ0) is 13.1. The normalized spacial score (nSPS) is 22.8. The number of benzene rings is 1. The minimum atomic E-state index is -0.544. The first kappa shape index (κ1) is 13.1. The van der Waals surface area contributed by atoms with Gasteiger partial charge in [-0.25, -0.2) is 0 Å². The molecule has 1 aromatic carbocycles. The molecule has 4 heteroatoms. The second-order valence-electron chi connectivity index (χ2n) is 5.03. The molecule has 0 radical (unpaired) electrons. The molecule has 0 aliphatic carbocycles. The standard InChI is InChI=1S/C14H21N3O/c1-11-10-16(2)8-9-17(11)14(18)13(15)12-6-4-3-5-7-12/h3-7,11,13H,8-10,15H2,1-2H3. The highest BCUT2D eigenvalue weighted by atomic mass is 16.2. The Morgan fingerprint density at radius 2 is 2.00 bits per heavy atom. The maximum Gasteiger partial charge on any atom is 0.244 e. The summed E-state index contributed by atoms with van der Waals surface area (Å²) in [6, 6.07) is 9.25. The van der Waals surface area contributed by atoms with E-state index in [1.807, 2.05) is 35.2 Å². The number of nitrogens with two attached hydrogens (primary N) is 1. The molecule has 1 amide bonds. The summed E-state index contributed by atoms with van der Waals surface area (Å²) < 4.78 is 0. The van der Waals surface area contributed by atoms with Crippen molar-refractivity contribution < 1.29 is 4.79 Å². The first-order chi connectivity index (χ1) is 8.59. The average molecular weight is 247 g/mol. The second-order valence-corrected chi connectivity index (χ2v) is 5.03. The molecule has 2 rings (SSSR count). The molecule has 0 bridgehead atoms. The fourth-order valence-corrected chi connectivity index (χ4v) is 2.45. The van der Waals surface area contributed by atoms with Gasteiger partial charge in [0.25, 0.3) is 0 Å². The van der Waals surface area contributed by atoms with E-state index in [9.17, 15) is 4.79 Å². The van der Waals surface area contributed by atoms with Gasteiger partial charge in [0.2, 0.25) is 5.91 Å². The lowest BCUT2D eigenvalue weighted by Crippen LogP contribution is -2.54. The topological polar surface area (TPSA) is 49.6 Å². The van der Waals surface area contributed by atoms with Crippen molar-refractivity contribution in [3.05, 3.63) is 35.9 Å². The van der Waals surface area contributed by atoms with Crippen LogP contribution in [0.2, 0.25) is 0 Å². The van der Waals surface area contributed by atoms with E-state index in [-0.39, 0.29) is 11.9 Å². The molecule has 1 heterocycles. The Hall–Kier alpha value is -1.39. The number of rotatable bonds is 2. The molecule has 1 aliphatic heterocycles. The average Bonchev–Trinajstić information content (AvgIpc) is 2.38. The summed E-state index contributed by atoms with van der Waals surface area (Å²) >= 11 is 0. The van der Waals surface area contributed by atoms with Crippen molar-refractivity contribution in [3.8, 4) is 0 Å². The van der Waals surface area contributed by atoms with Crippen molar-refractivity contribution in [2.45, 2.75) is 19.0 Å². The number of hydrogen-bond donors (Lipinski definition) is 1. The lowest BCUT2D eigenvalue weighted by atomic mass is 10.0. The Bertz CT molecular complexity index is 407. The smallest absolute Gasteiger partial charge is 0.244 e. The zero-order valence-corrected chi connectivity index (χ0v) is 11.0. The summed E-state index contributed by atoms with van der Waals surface area (Å²) in [5.41, 5.74) is 6.94. The lowest BCUT2D eigenvalue weighted by molar-refractivity contribution is -0.137. The van der Waals surface area contributed by atoms with Crippen LogP contribution in [0.5, 0.6) is 0 Å². The fourth-order valence-electron chi connectivity index (χ4n) is 2.45. The summed E-state index contributed by atoms with van der Waals surface area (Å²) in [5.74, 6) is 0.0294. The van der Waals surface area contributed by atoms with Crippen molar-refractivity contribution in [1.29, 1.82) is 0 Å². The van der Waals surface area contributed by atoms with E-state index in [0.29, 0.717) is 0 Å². The van der Waals surface area contributed by atoms with Crippen LogP contribution in [-0.2, 0) is 4.79 Å². The SMILES string of the molecule is CC1CN(C)CCN1C(=O)C(N)c1ccccc1. The summed E-state index contributed by atoms with van der Waals surface area (Å²) in [7, 11) is 2.08. The van der Waals surface area contributed by atoms with E-state index in [4.69, 9.17) is 5.73 Å². The van der Waals surface area contributed by atoms with Gasteiger partial charge in [-0.2, -0.15) is 0 Å². The monoisotopic (exact) mass is 247 g/mol. The Morgan fingerprint density at radius 3 is 2.61 bits per heavy atom. The predicted octanol–water partition coefficient (Wildman–Crippen LogP) is 0.849. The maximum atomic E-state index is 12.4. The van der Waals surface area contributed by atoms with Gasteiger partial charge in [-0.05, 0) is 19.5 Å². The van der Waals surface area contributed by atoms with Crippen LogP contribution in [0.3, 0.4) is 0 Å². The van der Waals surface area contributed by atoms with Crippen molar-refractivity contribution in [1.82, 2.24) is 9.80 Å². The van der Waals surface area contributed by atoms with Crippen molar-refractivity contribution in [3.63, 3.8) is 0 Å². The number of carbonyl (C=O) groups is 1. The third-order valence-electron chi connectivity index (χ3n) is 3.54. The minimum Gasteiger partial charge on any atom is -0.336 e. The highest BCUT2D eigenvalue weighted by Gasteiger charge is 2.29. The van der Waals surface area contributed by atoms with Crippen LogP contribution in [0.4, 0.5) is 0 Å². The molecular formula is C14H21N3O. The molecule has 18 heavy (non-hydrogen) atoms. The molecule has 1 saturated heterocycles. The van der Waals surface area contributed by atoms with E-state index in [0.717, 1.165) is 25.2 Å². The van der Waals surface area contributed by atoms with Gasteiger partial charge in [-0.1, -0.05) is 30.3 Å². The van der Waals surface area contributed by atoms with E-state index < -0.39 is 6.04 Å². The van der Waals surface area contributed by atoms with Gasteiger partial charge >= 0.3 is 0 Å². The third-order valence-corrected chi connectivity index (χ3v) is 3.54. The van der Waals surface area contributed by atoms with Crippen LogP contribution in [0, 0.1) is 0 Å². The number of nitrogens with zero attached hydrogens (tertiary/aromatic N) is 2. The second kappa shape index (κ2) is 5.50. The highest BCUT2D eigenvalue weighted by Crippen LogP contribution is 2.17. The number of carbonyl (C=O) groups excluding carboxylic acids is 1. The van der Waals surface area contributed by atoms with E-state index in [1.165, 1.54) is 0 Å². The quantitative estimate of drug-likeness (QED) is 0.843. The van der Waals surface area contributed by atoms with Crippen LogP contribution < -0.4 is 5.73 Å². The van der Waals surface area contributed by atoms with E-state index in [1.54, 1.807) is 0 Å². The molecule has 4 nitrogen and oxygen atoms in total. The van der Waals surface area contributed by atoms with Gasteiger partial charge < -0.3 is 15.5 Å². The molecule has 0 saturated carbocycles. The van der Waals surface area contributed by atoms with Crippen LogP contribution in [0.25, 0.3) is 0 Å².